The Morgan fingerprint density at radius 3 is 1.07 bits per heavy atom. The number of unbranched alkanes of at least 4 members (excludes halogenated alkanes) is 16. The Hall–Kier alpha value is -0.720. The molecule has 158 valence electrons. The van der Waals surface area contributed by atoms with E-state index in [0.717, 1.165) is 0 Å². The predicted molar refractivity (Wildman–Crippen MR) is 123 cm³/mol. The number of aromatic amines is 1. The van der Waals surface area contributed by atoms with Gasteiger partial charge in [0.25, 0.3) is 0 Å². The number of aromatic nitrogens is 1. The topological polar surface area (TPSA) is 15.8 Å². The zero-order valence-corrected chi connectivity index (χ0v) is 18.8. The van der Waals surface area contributed by atoms with Crippen LogP contribution in [0.15, 0.2) is 12.4 Å². The van der Waals surface area contributed by atoms with Gasteiger partial charge in [0.05, 0.1) is 0 Å². The first-order valence-corrected chi connectivity index (χ1v) is 12.5. The lowest BCUT2D eigenvalue weighted by atomic mass is 10.00. The largest absolute Gasteiger partial charge is 0.367 e. The normalized spacial score (nSPS) is 11.3. The van der Waals surface area contributed by atoms with Gasteiger partial charge in [-0.05, 0) is 36.8 Å². The van der Waals surface area contributed by atoms with Crippen LogP contribution in [0.3, 0.4) is 0 Å². The van der Waals surface area contributed by atoms with Crippen molar-refractivity contribution in [3.63, 3.8) is 0 Å². The summed E-state index contributed by atoms with van der Waals surface area (Å²) in [6.45, 7) is 4.59. The molecule has 0 aromatic carbocycles. The van der Waals surface area contributed by atoms with Crippen molar-refractivity contribution in [1.82, 2.24) is 4.98 Å². The predicted octanol–water partition coefficient (Wildman–Crippen LogP) is 9.16. The zero-order valence-electron chi connectivity index (χ0n) is 18.8. The SMILES string of the molecule is CCCCCCCCCCCCCCc1c[nH]cc1CCCCCCCC. The smallest absolute Gasteiger partial charge is 0.00401 e. The fourth-order valence-electron chi connectivity index (χ4n) is 4.15. The molecule has 0 fully saturated rings. The van der Waals surface area contributed by atoms with E-state index in [0.29, 0.717) is 0 Å². The minimum absolute atomic E-state index is 1.28. The third kappa shape index (κ3) is 14.0. The molecule has 1 rings (SSSR count). The summed E-state index contributed by atoms with van der Waals surface area (Å²) in [5.41, 5.74) is 3.18. The van der Waals surface area contributed by atoms with E-state index in [1.165, 1.54) is 128 Å². The van der Waals surface area contributed by atoms with E-state index in [-0.39, 0.29) is 0 Å². The van der Waals surface area contributed by atoms with Crippen LogP contribution < -0.4 is 0 Å². The van der Waals surface area contributed by atoms with E-state index in [9.17, 15) is 0 Å². The summed E-state index contributed by atoms with van der Waals surface area (Å²) < 4.78 is 0. The lowest BCUT2D eigenvalue weighted by Gasteiger charge is -2.05. The van der Waals surface area contributed by atoms with Crippen LogP contribution in [-0.4, -0.2) is 4.98 Å². The molecule has 0 saturated heterocycles. The van der Waals surface area contributed by atoms with Crippen molar-refractivity contribution in [3.8, 4) is 0 Å². The third-order valence-electron chi connectivity index (χ3n) is 6.03. The number of H-pyrrole nitrogens is 1. The number of hydrogen-bond acceptors (Lipinski definition) is 0. The molecule has 0 spiro atoms. The van der Waals surface area contributed by atoms with Gasteiger partial charge in [-0.3, -0.25) is 0 Å². The fraction of sp³-hybridized carbons (Fsp3) is 0.846. The van der Waals surface area contributed by atoms with Crippen molar-refractivity contribution >= 4 is 0 Å². The van der Waals surface area contributed by atoms with Crippen LogP contribution in [0.25, 0.3) is 0 Å². The first-order valence-electron chi connectivity index (χ1n) is 12.5. The van der Waals surface area contributed by atoms with Crippen molar-refractivity contribution in [1.29, 1.82) is 0 Å². The molecule has 0 bridgehead atoms. The number of nitrogens with one attached hydrogen (secondary N) is 1. The molecule has 27 heavy (non-hydrogen) atoms. The van der Waals surface area contributed by atoms with Crippen LogP contribution in [0.1, 0.15) is 141 Å². The molecular formula is C26H49N. The van der Waals surface area contributed by atoms with Gasteiger partial charge >= 0.3 is 0 Å². The standard InChI is InChI=1S/C26H49N/c1-3-5-7-9-11-12-13-14-15-16-18-20-22-26-24-27-23-25(26)21-19-17-10-8-6-4-2/h23-24,27H,3-22H2,1-2H3. The molecule has 0 aliphatic heterocycles. The second-order valence-corrected chi connectivity index (χ2v) is 8.66. The Morgan fingerprint density at radius 2 is 0.741 bits per heavy atom. The Morgan fingerprint density at radius 1 is 0.444 bits per heavy atom. The van der Waals surface area contributed by atoms with Crippen LogP contribution in [0, 0.1) is 0 Å². The van der Waals surface area contributed by atoms with E-state index >= 15 is 0 Å². The molecule has 1 aromatic heterocycles. The van der Waals surface area contributed by atoms with Crippen LogP contribution in [0.4, 0.5) is 0 Å². The van der Waals surface area contributed by atoms with Gasteiger partial charge in [0.2, 0.25) is 0 Å². The maximum atomic E-state index is 3.35. The summed E-state index contributed by atoms with van der Waals surface area (Å²) in [5, 5.41) is 0. The van der Waals surface area contributed by atoms with Crippen LogP contribution in [0.2, 0.25) is 0 Å². The molecule has 1 heterocycles. The molecule has 0 amide bonds. The van der Waals surface area contributed by atoms with Crippen LogP contribution in [-0.2, 0) is 12.8 Å². The highest BCUT2D eigenvalue weighted by Gasteiger charge is 2.04. The highest BCUT2D eigenvalue weighted by Crippen LogP contribution is 2.17. The summed E-state index contributed by atoms with van der Waals surface area (Å²) in [5.74, 6) is 0. The van der Waals surface area contributed by atoms with E-state index in [1.54, 1.807) is 11.1 Å². The summed E-state index contributed by atoms with van der Waals surface area (Å²) in [4.78, 5) is 3.35. The summed E-state index contributed by atoms with van der Waals surface area (Å²) in [7, 11) is 0. The highest BCUT2D eigenvalue weighted by molar-refractivity contribution is 5.23. The van der Waals surface area contributed by atoms with Crippen LogP contribution in [0.5, 0.6) is 0 Å². The Bertz CT molecular complexity index is 406. The summed E-state index contributed by atoms with van der Waals surface area (Å²) in [6.07, 6.45) is 32.7. The molecule has 1 heteroatoms. The van der Waals surface area contributed by atoms with Gasteiger partial charge in [-0.15, -0.1) is 0 Å². The van der Waals surface area contributed by atoms with Crippen molar-refractivity contribution in [3.05, 3.63) is 23.5 Å². The molecule has 1 nitrogen and oxygen atoms in total. The summed E-state index contributed by atoms with van der Waals surface area (Å²) >= 11 is 0. The van der Waals surface area contributed by atoms with Gasteiger partial charge in [0, 0.05) is 12.4 Å². The number of rotatable bonds is 20. The second-order valence-electron chi connectivity index (χ2n) is 8.66. The van der Waals surface area contributed by atoms with Crippen LogP contribution >= 0.6 is 0 Å². The Kier molecular flexibility index (Phi) is 16.8. The van der Waals surface area contributed by atoms with E-state index in [4.69, 9.17) is 0 Å². The molecule has 1 N–H and O–H groups in total. The number of aryl methyl sites for hydroxylation is 2. The van der Waals surface area contributed by atoms with Gasteiger partial charge in [0.15, 0.2) is 0 Å². The number of hydrogen-bond donors (Lipinski definition) is 1. The quantitative estimate of drug-likeness (QED) is 0.219. The molecule has 1 aromatic rings. The van der Waals surface area contributed by atoms with Gasteiger partial charge in [-0.1, -0.05) is 117 Å². The second kappa shape index (κ2) is 18.6. The molecule has 0 aliphatic rings. The van der Waals surface area contributed by atoms with Crippen molar-refractivity contribution < 1.29 is 0 Å². The zero-order chi connectivity index (χ0) is 19.4. The highest BCUT2D eigenvalue weighted by atomic mass is 14.6. The van der Waals surface area contributed by atoms with Gasteiger partial charge < -0.3 is 4.98 Å². The van der Waals surface area contributed by atoms with Crippen molar-refractivity contribution in [2.45, 2.75) is 142 Å². The first-order chi connectivity index (χ1) is 13.4. The fourth-order valence-corrected chi connectivity index (χ4v) is 4.15. The molecular weight excluding hydrogens is 326 g/mol. The minimum Gasteiger partial charge on any atom is -0.367 e. The Balaban J connectivity index is 1.93. The molecule has 0 radical (unpaired) electrons. The van der Waals surface area contributed by atoms with Crippen molar-refractivity contribution in [2.75, 3.05) is 0 Å². The van der Waals surface area contributed by atoms with Gasteiger partial charge in [-0.25, -0.2) is 0 Å². The van der Waals surface area contributed by atoms with Gasteiger partial charge in [0.1, 0.15) is 0 Å². The lowest BCUT2D eigenvalue weighted by molar-refractivity contribution is 0.543. The van der Waals surface area contributed by atoms with E-state index in [1.807, 2.05) is 0 Å². The summed E-state index contributed by atoms with van der Waals surface area (Å²) in [6, 6.07) is 0. The molecule has 0 unspecified atom stereocenters. The third-order valence-corrected chi connectivity index (χ3v) is 6.03. The lowest BCUT2D eigenvalue weighted by Crippen LogP contribution is -1.92. The molecule has 0 saturated carbocycles. The average molecular weight is 376 g/mol. The van der Waals surface area contributed by atoms with E-state index in [2.05, 4.69) is 31.2 Å². The monoisotopic (exact) mass is 375 g/mol. The van der Waals surface area contributed by atoms with Crippen molar-refractivity contribution in [2.24, 2.45) is 0 Å². The average Bonchev–Trinajstić information content (AvgIpc) is 3.12. The Labute approximate surface area is 171 Å². The first kappa shape index (κ1) is 24.3. The maximum absolute atomic E-state index is 3.35. The van der Waals surface area contributed by atoms with E-state index < -0.39 is 0 Å². The van der Waals surface area contributed by atoms with Gasteiger partial charge in [-0.2, -0.15) is 0 Å². The minimum atomic E-state index is 1.28. The maximum Gasteiger partial charge on any atom is 0.00401 e. The molecule has 0 atom stereocenters. The molecule has 0 aliphatic carbocycles.